The monoisotopic (exact) mass is 466 g/mol. The number of rotatable bonds is 12. The normalized spacial score (nSPS) is 11.1. The summed E-state index contributed by atoms with van der Waals surface area (Å²) in [6.07, 6.45) is 4.64. The van der Waals surface area contributed by atoms with E-state index in [0.717, 1.165) is 61.1 Å². The Kier molecular flexibility index (Phi) is 19.5. The van der Waals surface area contributed by atoms with E-state index >= 15 is 0 Å². The zero-order valence-corrected chi connectivity index (χ0v) is 20.8. The van der Waals surface area contributed by atoms with Crippen molar-refractivity contribution in [3.8, 4) is 0 Å². The minimum absolute atomic E-state index is 0.0817. The highest BCUT2D eigenvalue weighted by Gasteiger charge is 2.11. The molecule has 0 bridgehead atoms. The first-order valence-corrected chi connectivity index (χ1v) is 11.5. The van der Waals surface area contributed by atoms with Gasteiger partial charge < -0.3 is 28.7 Å². The van der Waals surface area contributed by atoms with E-state index in [4.69, 9.17) is 17.5 Å². The highest BCUT2D eigenvalue weighted by atomic mass is 32.3. The van der Waals surface area contributed by atoms with Crippen molar-refractivity contribution in [3.63, 3.8) is 0 Å². The third-order valence-electron chi connectivity index (χ3n) is 4.56. The minimum Gasteiger partial charge on any atom is -0.759 e. The van der Waals surface area contributed by atoms with Crippen molar-refractivity contribution in [2.24, 2.45) is 0 Å². The molecule has 0 aliphatic carbocycles. The number of nitrogens with one attached hydrogen (secondary N) is 2. The predicted octanol–water partition coefficient (Wildman–Crippen LogP) is 0.212. The van der Waals surface area contributed by atoms with E-state index < -0.39 is 10.4 Å². The van der Waals surface area contributed by atoms with Gasteiger partial charge in [0.25, 0.3) is 0 Å². The Morgan fingerprint density at radius 3 is 1.26 bits per heavy atom. The van der Waals surface area contributed by atoms with Crippen molar-refractivity contribution in [3.05, 3.63) is 25.3 Å². The maximum atomic E-state index is 10.8. The van der Waals surface area contributed by atoms with Gasteiger partial charge in [-0.05, 0) is 26.0 Å². The Hall–Kier alpha value is -1.79. The molecule has 0 aromatic heterocycles. The van der Waals surface area contributed by atoms with Gasteiger partial charge in [0.1, 0.15) is 0 Å². The van der Waals surface area contributed by atoms with Crippen LogP contribution in [0.4, 0.5) is 0 Å². The molecule has 0 radical (unpaired) electrons. The second kappa shape index (κ2) is 17.8. The zero-order valence-electron chi connectivity index (χ0n) is 20.0. The molecule has 31 heavy (non-hydrogen) atoms. The molecule has 10 nitrogen and oxygen atoms in total. The van der Waals surface area contributed by atoms with Gasteiger partial charge in [0.2, 0.25) is 11.8 Å². The number of amides is 2. The van der Waals surface area contributed by atoms with Crippen molar-refractivity contribution in [1.82, 2.24) is 10.6 Å². The molecule has 0 rings (SSSR count). The quantitative estimate of drug-likeness (QED) is 0.139. The second-order valence-electron chi connectivity index (χ2n) is 8.06. The molecule has 0 saturated heterocycles. The molecular formula is C20H42N4O6S. The summed E-state index contributed by atoms with van der Waals surface area (Å²) in [5.74, 6) is -0.163. The summed E-state index contributed by atoms with van der Waals surface area (Å²) in [6.45, 7) is 17.0. The van der Waals surface area contributed by atoms with Crippen LogP contribution in [-0.4, -0.2) is 106 Å². The molecule has 11 heteroatoms. The molecule has 0 fully saturated rings. The van der Waals surface area contributed by atoms with Crippen LogP contribution < -0.4 is 10.6 Å². The van der Waals surface area contributed by atoms with E-state index in [2.05, 4.69) is 65.8 Å². The summed E-state index contributed by atoms with van der Waals surface area (Å²) in [4.78, 5) is 21.5. The topological polar surface area (TPSA) is 138 Å². The van der Waals surface area contributed by atoms with Crippen molar-refractivity contribution >= 4 is 22.2 Å². The van der Waals surface area contributed by atoms with Crippen LogP contribution >= 0.6 is 0 Å². The number of nitrogens with zero attached hydrogens (tertiary/aromatic N) is 2. The lowest BCUT2D eigenvalue weighted by Gasteiger charge is -2.28. The van der Waals surface area contributed by atoms with Gasteiger partial charge >= 0.3 is 0 Å². The Morgan fingerprint density at radius 2 is 1.06 bits per heavy atom. The van der Waals surface area contributed by atoms with Crippen molar-refractivity contribution in [1.29, 1.82) is 0 Å². The van der Waals surface area contributed by atoms with Crippen LogP contribution in [0.2, 0.25) is 0 Å². The molecule has 0 aromatic rings. The molecule has 0 aromatic carbocycles. The highest BCUT2D eigenvalue weighted by molar-refractivity contribution is 7.79. The molecule has 0 aliphatic heterocycles. The third kappa shape index (κ3) is 33.1. The molecule has 0 heterocycles. The largest absolute Gasteiger partial charge is 0.759 e. The maximum absolute atomic E-state index is 10.8. The van der Waals surface area contributed by atoms with E-state index in [0.29, 0.717) is 0 Å². The zero-order chi connectivity index (χ0) is 25.1. The van der Waals surface area contributed by atoms with Crippen LogP contribution in [-0.2, 0) is 20.0 Å². The Balaban J connectivity index is -0.000000416. The van der Waals surface area contributed by atoms with Crippen LogP contribution in [0.25, 0.3) is 0 Å². The van der Waals surface area contributed by atoms with E-state index in [1.54, 1.807) is 0 Å². The Labute approximate surface area is 188 Å². The number of carbonyl (C=O) groups is 2. The van der Waals surface area contributed by atoms with Gasteiger partial charge in [-0.1, -0.05) is 13.2 Å². The predicted molar refractivity (Wildman–Crippen MR) is 121 cm³/mol. The van der Waals surface area contributed by atoms with Crippen molar-refractivity contribution in [2.75, 3.05) is 67.5 Å². The molecule has 184 valence electrons. The first kappa shape index (κ1) is 33.8. The molecular weight excluding hydrogens is 424 g/mol. The summed E-state index contributed by atoms with van der Waals surface area (Å²) in [7, 11) is 3.59. The SMILES string of the molecule is C=CC(=O)NCCC[N+](C)(C)CC.C=CC(=O)NCCC[N+](C)(C)CC.O=S(=O)([O-])[O-]. The first-order chi connectivity index (χ1) is 14.0. The fourth-order valence-electron chi connectivity index (χ4n) is 1.90. The average molecular weight is 467 g/mol. The number of quaternary nitrogens is 2. The molecule has 0 unspecified atom stereocenters. The van der Waals surface area contributed by atoms with E-state index in [1.165, 1.54) is 12.2 Å². The smallest absolute Gasteiger partial charge is 0.243 e. The van der Waals surface area contributed by atoms with Gasteiger partial charge in [-0.3, -0.25) is 18.0 Å². The van der Waals surface area contributed by atoms with Gasteiger partial charge in [-0.15, -0.1) is 0 Å². The van der Waals surface area contributed by atoms with Gasteiger partial charge in [0.15, 0.2) is 0 Å². The number of carbonyl (C=O) groups excluding carboxylic acids is 2. The van der Waals surface area contributed by atoms with Crippen LogP contribution in [0, 0.1) is 0 Å². The molecule has 0 saturated carbocycles. The van der Waals surface area contributed by atoms with Gasteiger partial charge in [0, 0.05) is 36.3 Å². The lowest BCUT2D eigenvalue weighted by Crippen LogP contribution is -2.41. The van der Waals surface area contributed by atoms with Crippen LogP contribution in [0.5, 0.6) is 0 Å². The highest BCUT2D eigenvalue weighted by Crippen LogP contribution is 1.97. The lowest BCUT2D eigenvalue weighted by molar-refractivity contribution is -0.888. The van der Waals surface area contributed by atoms with Crippen LogP contribution in [0.1, 0.15) is 26.7 Å². The summed E-state index contributed by atoms with van der Waals surface area (Å²) in [6, 6.07) is 0. The van der Waals surface area contributed by atoms with E-state index in [-0.39, 0.29) is 11.8 Å². The summed E-state index contributed by atoms with van der Waals surface area (Å²) < 4.78 is 36.1. The van der Waals surface area contributed by atoms with E-state index in [9.17, 15) is 9.59 Å². The summed E-state index contributed by atoms with van der Waals surface area (Å²) in [5.41, 5.74) is 0. The summed E-state index contributed by atoms with van der Waals surface area (Å²) in [5, 5.41) is 5.52. The molecule has 0 spiro atoms. The fraction of sp³-hybridized carbons (Fsp3) is 0.700. The minimum atomic E-state index is -5.17. The van der Waals surface area contributed by atoms with Gasteiger partial charge in [-0.2, -0.15) is 0 Å². The summed E-state index contributed by atoms with van der Waals surface area (Å²) >= 11 is 0. The van der Waals surface area contributed by atoms with Gasteiger partial charge in [0.05, 0.1) is 54.4 Å². The maximum Gasteiger partial charge on any atom is 0.243 e. The molecule has 2 N–H and O–H groups in total. The van der Waals surface area contributed by atoms with Crippen molar-refractivity contribution in [2.45, 2.75) is 26.7 Å². The lowest BCUT2D eigenvalue weighted by atomic mass is 10.3. The molecule has 0 aliphatic rings. The van der Waals surface area contributed by atoms with Crippen molar-refractivity contribution < 1.29 is 36.1 Å². The Morgan fingerprint density at radius 1 is 0.806 bits per heavy atom. The number of hydrogen-bond acceptors (Lipinski definition) is 6. The number of hydrogen-bond donors (Lipinski definition) is 2. The van der Waals surface area contributed by atoms with E-state index in [1.807, 2.05) is 0 Å². The van der Waals surface area contributed by atoms with Gasteiger partial charge in [-0.25, -0.2) is 0 Å². The first-order valence-electron chi connectivity index (χ1n) is 10.1. The van der Waals surface area contributed by atoms with Crippen LogP contribution in [0.15, 0.2) is 25.3 Å². The Bertz CT molecular complexity index is 586. The average Bonchev–Trinajstić information content (AvgIpc) is 2.67. The van der Waals surface area contributed by atoms with Crippen LogP contribution in [0.3, 0.4) is 0 Å². The fourth-order valence-corrected chi connectivity index (χ4v) is 1.90. The molecule has 2 amide bonds. The standard InChI is InChI=1S/2C10H20N2O.H2O4S/c2*1-5-10(13)11-8-7-9-12(3,4)6-2;1-5(2,3)4/h2*5H,1,6-9H2,2-4H3;(H2,1,2,3,4). The molecule has 0 atom stereocenters. The third-order valence-corrected chi connectivity index (χ3v) is 4.56. The second-order valence-corrected chi connectivity index (χ2v) is 8.87.